The number of nitro benzene ring substituents is 1. The van der Waals surface area contributed by atoms with Gasteiger partial charge in [0.05, 0.1) is 17.7 Å². The van der Waals surface area contributed by atoms with Crippen LogP contribution < -0.4 is 16.0 Å². The number of nitrogens with zero attached hydrogens (tertiary/aromatic N) is 1. The molecule has 18 heavy (non-hydrogen) atoms. The van der Waals surface area contributed by atoms with E-state index >= 15 is 0 Å². The molecule has 0 bridgehead atoms. The van der Waals surface area contributed by atoms with Gasteiger partial charge in [0.25, 0.3) is 0 Å². The number of nitrogen functional groups attached to an aromatic ring is 1. The smallest absolute Gasteiger partial charge is 0.466 e. The van der Waals surface area contributed by atoms with Crippen LogP contribution in [0.25, 0.3) is 0 Å². The molecule has 102 valence electrons. The van der Waals surface area contributed by atoms with Gasteiger partial charge in [-0.1, -0.05) is 0 Å². The third kappa shape index (κ3) is 6.78. The maximum atomic E-state index is 10.5. The van der Waals surface area contributed by atoms with Crippen LogP contribution in [0.4, 0.5) is 11.4 Å². The van der Waals surface area contributed by atoms with E-state index in [-0.39, 0.29) is 11.4 Å². The van der Waals surface area contributed by atoms with Crippen molar-refractivity contribution in [3.63, 3.8) is 0 Å². The predicted octanol–water partition coefficient (Wildman–Crippen LogP) is -0.0396. The van der Waals surface area contributed by atoms with Crippen LogP contribution in [0.5, 0.6) is 5.75 Å². The molecule has 0 saturated carbocycles. The molecule has 10 nitrogen and oxygen atoms in total. The van der Waals surface area contributed by atoms with Crippen LogP contribution in [-0.4, -0.2) is 26.7 Å². The molecule has 0 heterocycles. The molecule has 0 unspecified atom stereocenters. The molecule has 0 aliphatic rings. The van der Waals surface area contributed by atoms with Gasteiger partial charge in [-0.05, 0) is 12.1 Å². The van der Waals surface area contributed by atoms with Crippen molar-refractivity contribution in [2.24, 2.45) is 5.84 Å². The van der Waals surface area contributed by atoms with Gasteiger partial charge in [0.1, 0.15) is 0 Å². The zero-order valence-electron chi connectivity index (χ0n) is 9.18. The van der Waals surface area contributed by atoms with E-state index < -0.39 is 12.7 Å². The summed E-state index contributed by atoms with van der Waals surface area (Å²) in [7, 11) is -3.27. The second-order valence-corrected chi connectivity index (χ2v) is 3.83. The molecule has 0 amide bonds. The molecule has 11 heteroatoms. The molecule has 1 rings (SSSR count). The van der Waals surface area contributed by atoms with Gasteiger partial charge in [-0.2, -0.15) is 0 Å². The Morgan fingerprint density at radius 1 is 1.44 bits per heavy atom. The molecular weight excluding hydrogens is 269 g/mol. The number of hydrazine groups is 1. The Morgan fingerprint density at radius 3 is 2.28 bits per heavy atom. The van der Waals surface area contributed by atoms with E-state index in [1.165, 1.54) is 19.2 Å². The summed E-state index contributed by atoms with van der Waals surface area (Å²) < 4.78 is 13.7. The summed E-state index contributed by atoms with van der Waals surface area (Å²) in [5.41, 5.74) is 2.67. The minimum absolute atomic E-state index is 0.113. The summed E-state index contributed by atoms with van der Waals surface area (Å²) in [6.07, 6.45) is 0. The van der Waals surface area contributed by atoms with Crippen molar-refractivity contribution in [3.05, 3.63) is 28.3 Å². The Bertz CT molecular complexity index is 452. The average molecular weight is 281 g/mol. The maximum Gasteiger partial charge on any atom is 0.466 e. The van der Waals surface area contributed by atoms with E-state index in [4.69, 9.17) is 29.8 Å². The third-order valence-electron chi connectivity index (χ3n) is 1.54. The highest BCUT2D eigenvalue weighted by Crippen LogP contribution is 2.29. The molecule has 0 radical (unpaired) electrons. The highest BCUT2D eigenvalue weighted by molar-refractivity contribution is 7.45. The molecule has 0 saturated heterocycles. The molecule has 6 N–H and O–H groups in total. The summed E-state index contributed by atoms with van der Waals surface area (Å²) in [5.74, 6) is 5.31. The molecule has 1 aromatic rings. The average Bonchev–Trinajstić information content (AvgIpc) is 2.25. The first-order valence-corrected chi connectivity index (χ1v) is 5.83. The Kier molecular flexibility index (Phi) is 6.23. The van der Waals surface area contributed by atoms with Gasteiger partial charge >= 0.3 is 13.5 Å². The highest BCUT2D eigenvalue weighted by atomic mass is 31.2. The minimum Gasteiger partial charge on any atom is -0.490 e. The number of hydrogen-bond acceptors (Lipinski definition) is 6. The molecule has 1 aromatic carbocycles. The molecular formula is C7H12N3O7P. The molecule has 0 aliphatic carbocycles. The number of nitrogens with one attached hydrogen (secondary N) is 1. The Labute approximate surface area is 101 Å². The third-order valence-corrected chi connectivity index (χ3v) is 1.54. The van der Waals surface area contributed by atoms with Gasteiger partial charge in [0.15, 0.2) is 5.75 Å². The summed E-state index contributed by atoms with van der Waals surface area (Å²) in [6, 6.07) is 4.37. The van der Waals surface area contributed by atoms with Crippen molar-refractivity contribution in [2.45, 2.75) is 0 Å². The normalized spacial score (nSPS) is 10.1. The fourth-order valence-corrected chi connectivity index (χ4v) is 0.922. The number of hydrogen-bond donors (Lipinski definition) is 5. The first-order valence-electron chi connectivity index (χ1n) is 4.26. The lowest BCUT2D eigenvalue weighted by atomic mass is 10.2. The maximum absolute atomic E-state index is 10.5. The SMILES string of the molecule is COc1ccc(NN)cc1[N+](=O)[O-].O=P(O)(O)O. The topological polar surface area (TPSA) is 168 Å². The van der Waals surface area contributed by atoms with Crippen molar-refractivity contribution in [1.82, 2.24) is 0 Å². The van der Waals surface area contributed by atoms with Crippen LogP contribution in [0, 0.1) is 10.1 Å². The number of anilines is 1. The van der Waals surface area contributed by atoms with Crippen LogP contribution in [-0.2, 0) is 4.57 Å². The number of nitro groups is 1. The van der Waals surface area contributed by atoms with Crippen molar-refractivity contribution in [3.8, 4) is 5.75 Å². The predicted molar refractivity (Wildman–Crippen MR) is 61.7 cm³/mol. The first kappa shape index (κ1) is 16.3. The molecule has 0 aromatic heterocycles. The van der Waals surface area contributed by atoms with E-state index in [9.17, 15) is 10.1 Å². The van der Waals surface area contributed by atoms with Gasteiger partial charge in [0, 0.05) is 6.07 Å². The van der Waals surface area contributed by atoms with E-state index in [2.05, 4.69) is 5.43 Å². The van der Waals surface area contributed by atoms with Crippen LogP contribution in [0.15, 0.2) is 18.2 Å². The van der Waals surface area contributed by atoms with Crippen LogP contribution in [0.2, 0.25) is 0 Å². The Hall–Kier alpha value is -1.71. The van der Waals surface area contributed by atoms with Crippen LogP contribution in [0.3, 0.4) is 0 Å². The Morgan fingerprint density at radius 2 is 1.94 bits per heavy atom. The Balaban J connectivity index is 0.000000494. The lowest BCUT2D eigenvalue weighted by molar-refractivity contribution is -0.385. The lowest BCUT2D eigenvalue weighted by Crippen LogP contribution is -2.07. The van der Waals surface area contributed by atoms with Crippen LogP contribution >= 0.6 is 7.82 Å². The minimum atomic E-state index is -4.64. The van der Waals surface area contributed by atoms with Crippen molar-refractivity contribution in [2.75, 3.05) is 12.5 Å². The second-order valence-electron chi connectivity index (χ2n) is 2.80. The van der Waals surface area contributed by atoms with Gasteiger partial charge in [0.2, 0.25) is 0 Å². The zero-order chi connectivity index (χ0) is 14.3. The summed E-state index contributed by atoms with van der Waals surface area (Å²) in [4.78, 5) is 31.5. The standard InChI is InChI=1S/C7H9N3O3.H3O4P/c1-13-7-3-2-5(9-8)4-6(7)10(11)12;1-5(2,3)4/h2-4,9H,8H2,1H3;(H3,1,2,3,4). The molecule has 0 spiro atoms. The van der Waals surface area contributed by atoms with Gasteiger partial charge in [-0.15, -0.1) is 0 Å². The van der Waals surface area contributed by atoms with Crippen LogP contribution in [0.1, 0.15) is 0 Å². The summed E-state index contributed by atoms with van der Waals surface area (Å²) in [5, 5.41) is 10.5. The van der Waals surface area contributed by atoms with Crippen molar-refractivity contribution < 1.29 is 28.9 Å². The fraction of sp³-hybridized carbons (Fsp3) is 0.143. The monoisotopic (exact) mass is 281 g/mol. The van der Waals surface area contributed by atoms with Gasteiger partial charge < -0.3 is 24.8 Å². The summed E-state index contributed by atoms with van der Waals surface area (Å²) >= 11 is 0. The van der Waals surface area contributed by atoms with E-state index in [1.54, 1.807) is 6.07 Å². The second kappa shape index (κ2) is 6.89. The number of phosphoric acid groups is 1. The highest BCUT2D eigenvalue weighted by Gasteiger charge is 2.14. The number of rotatable bonds is 3. The first-order chi connectivity index (χ1) is 8.19. The van der Waals surface area contributed by atoms with E-state index in [0.717, 1.165) is 0 Å². The molecule has 0 atom stereocenters. The number of benzene rings is 1. The van der Waals surface area contributed by atoms with Crippen molar-refractivity contribution in [1.29, 1.82) is 0 Å². The zero-order valence-corrected chi connectivity index (χ0v) is 10.1. The molecule has 0 aliphatic heterocycles. The lowest BCUT2D eigenvalue weighted by Gasteiger charge is -2.03. The quantitative estimate of drug-likeness (QED) is 0.221. The van der Waals surface area contributed by atoms with Gasteiger partial charge in [-0.3, -0.25) is 16.0 Å². The fourth-order valence-electron chi connectivity index (χ4n) is 0.922. The summed E-state index contributed by atoms with van der Waals surface area (Å²) in [6.45, 7) is 0. The number of ether oxygens (including phenoxy) is 1. The largest absolute Gasteiger partial charge is 0.490 e. The number of methoxy groups -OCH3 is 1. The van der Waals surface area contributed by atoms with E-state index in [1.807, 2.05) is 0 Å². The van der Waals surface area contributed by atoms with Crippen molar-refractivity contribution >= 4 is 19.2 Å². The number of nitrogens with two attached hydrogens (primary N) is 1. The van der Waals surface area contributed by atoms with Gasteiger partial charge in [-0.25, -0.2) is 4.57 Å². The molecule has 0 fully saturated rings. The van der Waals surface area contributed by atoms with E-state index in [0.29, 0.717) is 5.69 Å².